The third-order valence-corrected chi connectivity index (χ3v) is 4.93. The first-order valence-electron chi connectivity index (χ1n) is 7.65. The van der Waals surface area contributed by atoms with Crippen LogP contribution in [0.2, 0.25) is 0 Å². The van der Waals surface area contributed by atoms with Crippen molar-refractivity contribution < 1.29 is 24.2 Å². The number of ether oxygens (including phenoxy) is 2. The molecule has 0 radical (unpaired) electrons. The zero-order chi connectivity index (χ0) is 17.3. The van der Waals surface area contributed by atoms with Gasteiger partial charge in [-0.15, -0.1) is 11.3 Å². The molecule has 1 saturated heterocycles. The molecule has 1 aromatic heterocycles. The molecule has 0 bridgehead atoms. The quantitative estimate of drug-likeness (QED) is 0.886. The lowest BCUT2D eigenvalue weighted by Gasteiger charge is -2.34. The first kappa shape index (κ1) is 16.9. The van der Waals surface area contributed by atoms with Crippen LogP contribution in [-0.4, -0.2) is 48.4 Å². The Bertz CT molecular complexity index is 772. The van der Waals surface area contributed by atoms with Crippen molar-refractivity contribution >= 4 is 33.3 Å². The molecule has 1 atom stereocenters. The Kier molecular flexibility index (Phi) is 4.58. The summed E-state index contributed by atoms with van der Waals surface area (Å²) in [7, 11) is 0. The molecule has 0 saturated carbocycles. The van der Waals surface area contributed by atoms with Crippen LogP contribution >= 0.6 is 11.3 Å². The molecular formula is C17H19NO5S. The number of carboxylic acid groups (broad SMARTS) is 1. The third-order valence-electron chi connectivity index (χ3n) is 3.83. The van der Waals surface area contributed by atoms with E-state index in [0.717, 1.165) is 4.70 Å². The van der Waals surface area contributed by atoms with E-state index in [9.17, 15) is 14.7 Å². The van der Waals surface area contributed by atoms with E-state index in [2.05, 4.69) is 5.32 Å². The summed E-state index contributed by atoms with van der Waals surface area (Å²) in [6, 6.07) is 6.65. The van der Waals surface area contributed by atoms with Gasteiger partial charge >= 0.3 is 5.97 Å². The van der Waals surface area contributed by atoms with Gasteiger partial charge in [0.05, 0.1) is 35.4 Å². The zero-order valence-electron chi connectivity index (χ0n) is 13.5. The minimum absolute atomic E-state index is 0.175. The number of hydrogen-bond donors (Lipinski definition) is 2. The average molecular weight is 349 g/mol. The van der Waals surface area contributed by atoms with Gasteiger partial charge in [-0.25, -0.2) is 4.79 Å². The lowest BCUT2D eigenvalue weighted by atomic mass is 10.1. The monoisotopic (exact) mass is 349 g/mol. The SMILES string of the molecule is CC1(C)COC(CNC(=O)c2cc3c(C(=O)O)cccc3s2)CO1. The molecule has 0 spiro atoms. The van der Waals surface area contributed by atoms with Gasteiger partial charge in [-0.05, 0) is 32.0 Å². The van der Waals surface area contributed by atoms with E-state index in [1.807, 2.05) is 19.9 Å². The maximum absolute atomic E-state index is 12.3. The number of benzene rings is 1. The molecule has 1 aliphatic rings. The van der Waals surface area contributed by atoms with Gasteiger partial charge in [0.2, 0.25) is 0 Å². The maximum Gasteiger partial charge on any atom is 0.336 e. The molecular weight excluding hydrogens is 330 g/mol. The Hall–Kier alpha value is -1.96. The van der Waals surface area contributed by atoms with Crippen LogP contribution in [0.5, 0.6) is 0 Å². The summed E-state index contributed by atoms with van der Waals surface area (Å²) >= 11 is 1.28. The molecule has 2 aromatic rings. The Labute approximate surface area is 143 Å². The highest BCUT2D eigenvalue weighted by Crippen LogP contribution is 2.28. The molecule has 1 aromatic carbocycles. The highest BCUT2D eigenvalue weighted by Gasteiger charge is 2.28. The molecule has 2 N–H and O–H groups in total. The van der Waals surface area contributed by atoms with E-state index in [4.69, 9.17) is 9.47 Å². The minimum Gasteiger partial charge on any atom is -0.478 e. The Morgan fingerprint density at radius 2 is 2.21 bits per heavy atom. The van der Waals surface area contributed by atoms with Gasteiger partial charge in [-0.3, -0.25) is 4.79 Å². The van der Waals surface area contributed by atoms with Crippen molar-refractivity contribution in [2.75, 3.05) is 19.8 Å². The number of amides is 1. The highest BCUT2D eigenvalue weighted by molar-refractivity contribution is 7.20. The van der Waals surface area contributed by atoms with Crippen LogP contribution in [0.3, 0.4) is 0 Å². The molecule has 1 aliphatic heterocycles. The molecule has 1 amide bonds. The number of carbonyl (C=O) groups excluding carboxylic acids is 1. The normalized spacial score (nSPS) is 20.0. The molecule has 2 heterocycles. The van der Waals surface area contributed by atoms with Gasteiger partial charge in [0.25, 0.3) is 5.91 Å². The van der Waals surface area contributed by atoms with Crippen molar-refractivity contribution in [3.05, 3.63) is 34.7 Å². The van der Waals surface area contributed by atoms with E-state index < -0.39 is 5.97 Å². The number of nitrogens with one attached hydrogen (secondary N) is 1. The van der Waals surface area contributed by atoms with Gasteiger partial charge in [-0.1, -0.05) is 6.07 Å². The van der Waals surface area contributed by atoms with Crippen molar-refractivity contribution in [3.8, 4) is 0 Å². The lowest BCUT2D eigenvalue weighted by Crippen LogP contribution is -2.46. The Balaban J connectivity index is 1.66. The highest BCUT2D eigenvalue weighted by atomic mass is 32.1. The second-order valence-electron chi connectivity index (χ2n) is 6.35. The fraction of sp³-hybridized carbons (Fsp3) is 0.412. The summed E-state index contributed by atoms with van der Waals surface area (Å²) in [4.78, 5) is 24.1. The van der Waals surface area contributed by atoms with Crippen molar-refractivity contribution in [2.24, 2.45) is 0 Å². The minimum atomic E-state index is -0.999. The van der Waals surface area contributed by atoms with Crippen molar-refractivity contribution in [2.45, 2.75) is 25.6 Å². The van der Waals surface area contributed by atoms with E-state index >= 15 is 0 Å². The molecule has 1 unspecified atom stereocenters. The van der Waals surface area contributed by atoms with Crippen molar-refractivity contribution in [3.63, 3.8) is 0 Å². The van der Waals surface area contributed by atoms with Crippen LogP contribution in [0.1, 0.15) is 33.9 Å². The lowest BCUT2D eigenvalue weighted by molar-refractivity contribution is -0.172. The first-order chi connectivity index (χ1) is 11.4. The van der Waals surface area contributed by atoms with Crippen molar-refractivity contribution in [1.29, 1.82) is 0 Å². The van der Waals surface area contributed by atoms with Gasteiger partial charge in [0, 0.05) is 16.6 Å². The third kappa shape index (κ3) is 3.58. The van der Waals surface area contributed by atoms with E-state index in [1.165, 1.54) is 17.4 Å². The summed E-state index contributed by atoms with van der Waals surface area (Å²) in [6.07, 6.45) is -0.175. The summed E-state index contributed by atoms with van der Waals surface area (Å²) in [6.45, 7) is 5.19. The van der Waals surface area contributed by atoms with Crippen molar-refractivity contribution in [1.82, 2.24) is 5.32 Å². The number of carbonyl (C=O) groups is 2. The Morgan fingerprint density at radius 1 is 1.42 bits per heavy atom. The number of aromatic carboxylic acids is 1. The summed E-state index contributed by atoms with van der Waals surface area (Å²) < 4.78 is 12.1. The van der Waals surface area contributed by atoms with Gasteiger partial charge in [0.1, 0.15) is 0 Å². The molecule has 1 fully saturated rings. The van der Waals surface area contributed by atoms with Crippen LogP contribution in [0.4, 0.5) is 0 Å². The number of carboxylic acids is 1. The first-order valence-corrected chi connectivity index (χ1v) is 8.47. The van der Waals surface area contributed by atoms with Crippen LogP contribution in [0.15, 0.2) is 24.3 Å². The van der Waals surface area contributed by atoms with Gasteiger partial charge in [-0.2, -0.15) is 0 Å². The summed E-state index contributed by atoms with van der Waals surface area (Å²) in [5.74, 6) is -1.23. The molecule has 24 heavy (non-hydrogen) atoms. The van der Waals surface area contributed by atoms with E-state index in [-0.39, 0.29) is 23.2 Å². The Morgan fingerprint density at radius 3 is 2.88 bits per heavy atom. The fourth-order valence-electron chi connectivity index (χ4n) is 2.50. The van der Waals surface area contributed by atoms with Crippen LogP contribution in [0, 0.1) is 0 Å². The van der Waals surface area contributed by atoms with Gasteiger partial charge in [0.15, 0.2) is 0 Å². The number of thiophene rings is 1. The second-order valence-corrected chi connectivity index (χ2v) is 7.43. The summed E-state index contributed by atoms with van der Waals surface area (Å²) in [5, 5.41) is 12.6. The van der Waals surface area contributed by atoms with Gasteiger partial charge < -0.3 is 19.9 Å². The standard InChI is InChI=1S/C17H19NO5S/c1-17(2)9-22-10(8-23-17)7-18-15(19)14-6-12-11(16(20)21)4-3-5-13(12)24-14/h3-6,10H,7-9H2,1-2H3,(H,18,19)(H,20,21). The second kappa shape index (κ2) is 6.51. The zero-order valence-corrected chi connectivity index (χ0v) is 14.3. The molecule has 0 aliphatic carbocycles. The average Bonchev–Trinajstić information content (AvgIpc) is 2.97. The number of hydrogen-bond acceptors (Lipinski definition) is 5. The van der Waals surface area contributed by atoms with Crippen LogP contribution in [0.25, 0.3) is 10.1 Å². The largest absolute Gasteiger partial charge is 0.478 e. The predicted octanol–water partition coefficient (Wildman–Crippen LogP) is 2.52. The molecule has 3 rings (SSSR count). The molecule has 128 valence electrons. The number of rotatable bonds is 4. The topological polar surface area (TPSA) is 84.9 Å². The van der Waals surface area contributed by atoms with E-state index in [0.29, 0.717) is 30.0 Å². The summed E-state index contributed by atoms with van der Waals surface area (Å²) in [5.41, 5.74) is -0.0896. The van der Waals surface area contributed by atoms with E-state index in [1.54, 1.807) is 12.1 Å². The van der Waals surface area contributed by atoms with Crippen LogP contribution in [-0.2, 0) is 9.47 Å². The fourth-order valence-corrected chi connectivity index (χ4v) is 3.50. The smallest absolute Gasteiger partial charge is 0.336 e. The maximum atomic E-state index is 12.3. The molecule has 6 nitrogen and oxygen atoms in total. The predicted molar refractivity (Wildman–Crippen MR) is 90.9 cm³/mol. The molecule has 7 heteroatoms. The van der Waals surface area contributed by atoms with Crippen LogP contribution < -0.4 is 5.32 Å². The number of fused-ring (bicyclic) bond motifs is 1.